The van der Waals surface area contributed by atoms with Crippen LogP contribution in [0.3, 0.4) is 0 Å². The number of thiazole rings is 1. The van der Waals surface area contributed by atoms with Gasteiger partial charge in [0.15, 0.2) is 0 Å². The van der Waals surface area contributed by atoms with E-state index in [1.807, 2.05) is 0 Å². The van der Waals surface area contributed by atoms with Gasteiger partial charge in [-0.3, -0.25) is 9.59 Å². The van der Waals surface area contributed by atoms with Crippen LogP contribution in [0.1, 0.15) is 15.9 Å². The first-order chi connectivity index (χ1) is 16.0. The van der Waals surface area contributed by atoms with Crippen molar-refractivity contribution in [2.24, 2.45) is 5.10 Å². The molecule has 1 amide bonds. The summed E-state index contributed by atoms with van der Waals surface area (Å²) in [6.07, 6.45) is 2.56. The number of hydrogen-bond acceptors (Lipinski definition) is 6. The normalized spacial score (nSPS) is 11.5. The van der Waals surface area contributed by atoms with E-state index in [1.165, 1.54) is 30.7 Å². The van der Waals surface area contributed by atoms with Gasteiger partial charge in [-0.2, -0.15) is 10.1 Å². The molecule has 0 atom stereocenters. The maximum absolute atomic E-state index is 13.7. The number of rotatable bonds is 4. The van der Waals surface area contributed by atoms with Crippen LogP contribution >= 0.6 is 27.3 Å². The number of hydrazone groups is 1. The van der Waals surface area contributed by atoms with E-state index < -0.39 is 11.7 Å². The molecule has 2 aromatic heterocycles. The zero-order valence-corrected chi connectivity index (χ0v) is 19.1. The first kappa shape index (κ1) is 21.2. The van der Waals surface area contributed by atoms with E-state index in [4.69, 9.17) is 4.42 Å². The third-order valence-electron chi connectivity index (χ3n) is 4.80. The molecule has 2 heterocycles. The van der Waals surface area contributed by atoms with Gasteiger partial charge in [0.2, 0.25) is 10.6 Å². The SMILES string of the molecule is O=C(c1cccc(Br)c1)N(/N=C/c1coc2ccccc2c1=O)c1nc2ccc(F)cc2s1. The summed E-state index contributed by atoms with van der Waals surface area (Å²) >= 11 is 4.48. The van der Waals surface area contributed by atoms with Crippen LogP contribution in [0.15, 0.2) is 91.8 Å². The maximum Gasteiger partial charge on any atom is 0.280 e. The molecule has 33 heavy (non-hydrogen) atoms. The Kier molecular flexibility index (Phi) is 5.57. The Labute approximate surface area is 198 Å². The fourth-order valence-electron chi connectivity index (χ4n) is 3.21. The second-order valence-corrected chi connectivity index (χ2v) is 8.92. The summed E-state index contributed by atoms with van der Waals surface area (Å²) in [6, 6.07) is 17.9. The highest BCUT2D eigenvalue weighted by Gasteiger charge is 2.21. The summed E-state index contributed by atoms with van der Waals surface area (Å²) in [5, 5.41) is 6.03. The molecule has 0 aliphatic heterocycles. The number of benzene rings is 3. The minimum atomic E-state index is -0.461. The van der Waals surface area contributed by atoms with Crippen molar-refractivity contribution in [3.63, 3.8) is 0 Å². The molecule has 6 nitrogen and oxygen atoms in total. The largest absolute Gasteiger partial charge is 0.463 e. The van der Waals surface area contributed by atoms with Crippen molar-refractivity contribution < 1.29 is 13.6 Å². The van der Waals surface area contributed by atoms with Crippen LogP contribution in [0.4, 0.5) is 9.52 Å². The van der Waals surface area contributed by atoms with Gasteiger partial charge in [-0.05, 0) is 48.5 Å². The number of halogens is 2. The number of anilines is 1. The molecule has 0 unspecified atom stereocenters. The lowest BCUT2D eigenvalue weighted by atomic mass is 10.2. The fraction of sp³-hybridized carbons (Fsp3) is 0. The Morgan fingerprint density at radius 1 is 1.12 bits per heavy atom. The molecule has 0 N–H and O–H groups in total. The van der Waals surface area contributed by atoms with Crippen LogP contribution in [0, 0.1) is 5.82 Å². The van der Waals surface area contributed by atoms with Gasteiger partial charge in [-0.1, -0.05) is 45.5 Å². The summed E-state index contributed by atoms with van der Waals surface area (Å²) in [7, 11) is 0. The highest BCUT2D eigenvalue weighted by Crippen LogP contribution is 2.31. The number of carbonyl (C=O) groups excluding carboxylic acids is 1. The molecule has 0 saturated heterocycles. The standard InChI is InChI=1S/C24H13BrFN3O3S/c25-16-5-3-4-14(10-16)23(31)29(24-28-19-9-8-17(26)11-21(19)33-24)27-12-15-13-32-20-7-2-1-6-18(20)22(15)30/h1-13H/b27-12+. The highest BCUT2D eigenvalue weighted by atomic mass is 79.9. The average Bonchev–Trinajstić information content (AvgIpc) is 3.23. The first-order valence-electron chi connectivity index (χ1n) is 9.70. The van der Waals surface area contributed by atoms with Crippen molar-refractivity contribution >= 4 is 65.7 Å². The maximum atomic E-state index is 13.7. The smallest absolute Gasteiger partial charge is 0.280 e. The van der Waals surface area contributed by atoms with E-state index in [0.717, 1.165) is 20.8 Å². The number of para-hydroxylation sites is 1. The van der Waals surface area contributed by atoms with Crippen LogP contribution in [-0.4, -0.2) is 17.1 Å². The Bertz CT molecular complexity index is 1610. The first-order valence-corrected chi connectivity index (χ1v) is 11.3. The fourth-order valence-corrected chi connectivity index (χ4v) is 4.56. The molecule has 0 saturated carbocycles. The van der Waals surface area contributed by atoms with Crippen LogP contribution in [-0.2, 0) is 0 Å². The lowest BCUT2D eigenvalue weighted by Gasteiger charge is -2.14. The van der Waals surface area contributed by atoms with E-state index in [-0.39, 0.29) is 16.1 Å². The minimum Gasteiger partial charge on any atom is -0.463 e. The number of amides is 1. The van der Waals surface area contributed by atoms with E-state index in [1.54, 1.807) is 48.5 Å². The van der Waals surface area contributed by atoms with Crippen molar-refractivity contribution in [2.45, 2.75) is 0 Å². The zero-order chi connectivity index (χ0) is 22.9. The van der Waals surface area contributed by atoms with Crippen molar-refractivity contribution in [3.05, 3.63) is 105 Å². The molecule has 5 rings (SSSR count). The van der Waals surface area contributed by atoms with E-state index in [9.17, 15) is 14.0 Å². The number of carbonyl (C=O) groups is 1. The zero-order valence-electron chi connectivity index (χ0n) is 16.7. The Hall–Kier alpha value is -3.69. The number of hydrogen-bond donors (Lipinski definition) is 0. The van der Waals surface area contributed by atoms with Crippen molar-refractivity contribution in [3.8, 4) is 0 Å². The van der Waals surface area contributed by atoms with Gasteiger partial charge in [0.25, 0.3) is 5.91 Å². The molecule has 0 radical (unpaired) electrons. The van der Waals surface area contributed by atoms with E-state index in [2.05, 4.69) is 26.0 Å². The monoisotopic (exact) mass is 521 g/mol. The van der Waals surface area contributed by atoms with Gasteiger partial charge >= 0.3 is 0 Å². The summed E-state index contributed by atoms with van der Waals surface area (Å²) in [5.41, 5.74) is 1.24. The van der Waals surface area contributed by atoms with Gasteiger partial charge in [0, 0.05) is 10.0 Å². The molecule has 0 aliphatic carbocycles. The average molecular weight is 522 g/mol. The van der Waals surface area contributed by atoms with Crippen molar-refractivity contribution in [1.29, 1.82) is 0 Å². The lowest BCUT2D eigenvalue weighted by molar-refractivity contribution is 0.0987. The van der Waals surface area contributed by atoms with Crippen LogP contribution in [0.5, 0.6) is 0 Å². The quantitative estimate of drug-likeness (QED) is 0.215. The highest BCUT2D eigenvalue weighted by molar-refractivity contribution is 9.10. The summed E-state index contributed by atoms with van der Waals surface area (Å²) in [6.45, 7) is 0. The predicted octanol–water partition coefficient (Wildman–Crippen LogP) is 5.99. The molecule has 5 aromatic rings. The molecular formula is C24H13BrFN3O3S. The number of nitrogens with zero attached hydrogens (tertiary/aromatic N) is 3. The summed E-state index contributed by atoms with van der Waals surface area (Å²) in [5.74, 6) is -0.864. The predicted molar refractivity (Wildman–Crippen MR) is 131 cm³/mol. The van der Waals surface area contributed by atoms with Gasteiger partial charge in [0.1, 0.15) is 17.7 Å². The van der Waals surface area contributed by atoms with Gasteiger partial charge in [0.05, 0.1) is 27.4 Å². The molecule has 0 aliphatic rings. The third-order valence-corrected chi connectivity index (χ3v) is 6.29. The second kappa shape index (κ2) is 8.68. The number of fused-ring (bicyclic) bond motifs is 2. The molecular weight excluding hydrogens is 509 g/mol. The Morgan fingerprint density at radius 3 is 2.82 bits per heavy atom. The molecule has 9 heteroatoms. The summed E-state index contributed by atoms with van der Waals surface area (Å²) in [4.78, 5) is 30.6. The molecule has 0 spiro atoms. The van der Waals surface area contributed by atoms with Crippen molar-refractivity contribution in [1.82, 2.24) is 4.98 Å². The van der Waals surface area contributed by atoms with Crippen LogP contribution in [0.25, 0.3) is 21.2 Å². The van der Waals surface area contributed by atoms with Gasteiger partial charge < -0.3 is 4.42 Å². The second-order valence-electron chi connectivity index (χ2n) is 7.00. The summed E-state index contributed by atoms with van der Waals surface area (Å²) < 4.78 is 20.5. The Morgan fingerprint density at radius 2 is 1.97 bits per heavy atom. The molecule has 3 aromatic carbocycles. The van der Waals surface area contributed by atoms with Gasteiger partial charge in [-0.15, -0.1) is 0 Å². The third kappa shape index (κ3) is 4.20. The van der Waals surface area contributed by atoms with E-state index >= 15 is 0 Å². The van der Waals surface area contributed by atoms with Crippen LogP contribution < -0.4 is 10.4 Å². The molecule has 0 bridgehead atoms. The minimum absolute atomic E-state index is 0.174. The number of aromatic nitrogens is 1. The lowest BCUT2D eigenvalue weighted by Crippen LogP contribution is -2.26. The Balaban J connectivity index is 1.61. The van der Waals surface area contributed by atoms with Gasteiger partial charge in [-0.25, -0.2) is 9.37 Å². The molecule has 0 fully saturated rings. The van der Waals surface area contributed by atoms with Crippen molar-refractivity contribution in [2.75, 3.05) is 5.01 Å². The van der Waals surface area contributed by atoms with Crippen LogP contribution in [0.2, 0.25) is 0 Å². The van der Waals surface area contributed by atoms with E-state index in [0.29, 0.717) is 26.7 Å². The topological polar surface area (TPSA) is 75.8 Å². The molecule has 162 valence electrons.